The Morgan fingerprint density at radius 3 is 2.47 bits per heavy atom. The number of rotatable bonds is 3. The van der Waals surface area contributed by atoms with Crippen molar-refractivity contribution in [2.75, 3.05) is 13.1 Å². The quantitative estimate of drug-likeness (QED) is 0.729. The Hall–Kier alpha value is 0.411. The Bertz CT molecular complexity index is 448. The number of benzene rings is 1. The van der Waals surface area contributed by atoms with Crippen molar-refractivity contribution >= 4 is 6.98 Å². The normalized spacial score (nSPS) is 16.2. The topological polar surface area (TPSA) is 3.24 Å². The summed E-state index contributed by atoms with van der Waals surface area (Å²) in [6.45, 7) is -0.542. The molecule has 0 fully saturated rings. The van der Waals surface area contributed by atoms with Crippen molar-refractivity contribution in [3.63, 3.8) is 0 Å². The van der Waals surface area contributed by atoms with Gasteiger partial charge in [-0.15, -0.1) is 12.1 Å². The van der Waals surface area contributed by atoms with Gasteiger partial charge in [0.1, 0.15) is 0 Å². The van der Waals surface area contributed by atoms with Gasteiger partial charge in [0.15, 0.2) is 0 Å². The van der Waals surface area contributed by atoms with Crippen LogP contribution in [0.2, 0.25) is 0 Å². The summed E-state index contributed by atoms with van der Waals surface area (Å²) < 4.78 is 37.6. The van der Waals surface area contributed by atoms with Crippen LogP contribution in [0, 0.1) is 0 Å². The van der Waals surface area contributed by atoms with Gasteiger partial charge in [-0.25, -0.2) is 0 Å². The zero-order chi connectivity index (χ0) is 13.2. The third-order valence-electron chi connectivity index (χ3n) is 3.32. The Morgan fingerprint density at radius 2 is 1.84 bits per heavy atom. The number of aryl methyl sites for hydroxylation is 1. The van der Waals surface area contributed by atoms with Crippen LogP contribution < -0.4 is 51.4 Å². The second-order valence-electron chi connectivity index (χ2n) is 4.82. The Morgan fingerprint density at radius 1 is 1.21 bits per heavy atom. The van der Waals surface area contributed by atoms with Crippen LogP contribution in [0.4, 0.5) is 12.9 Å². The zero-order valence-electron chi connectivity index (χ0n) is 11.2. The van der Waals surface area contributed by atoms with Crippen LogP contribution in [-0.4, -0.2) is 25.0 Å². The molecule has 1 aliphatic rings. The van der Waals surface area contributed by atoms with Crippen molar-refractivity contribution in [2.24, 2.45) is 0 Å². The number of halogens is 3. The van der Waals surface area contributed by atoms with Gasteiger partial charge in [-0.1, -0.05) is 24.3 Å². The first kappa shape index (κ1) is 17.5. The molecule has 1 aromatic carbocycles. The molecule has 1 nitrogen and oxygen atoms in total. The summed E-state index contributed by atoms with van der Waals surface area (Å²) in [6, 6.07) is 7.97. The van der Waals surface area contributed by atoms with Crippen LogP contribution in [-0.2, 0) is 13.0 Å². The van der Waals surface area contributed by atoms with Gasteiger partial charge in [0.2, 0.25) is 0 Å². The summed E-state index contributed by atoms with van der Waals surface area (Å²) in [5.41, 5.74) is 1.79. The predicted octanol–water partition coefficient (Wildman–Crippen LogP) is 0.382. The molecular weight excluding hydrogens is 277 g/mol. The zero-order valence-corrected chi connectivity index (χ0v) is 14.3. The van der Waals surface area contributed by atoms with E-state index < -0.39 is 12.4 Å². The van der Waals surface area contributed by atoms with E-state index in [9.17, 15) is 12.9 Å². The summed E-state index contributed by atoms with van der Waals surface area (Å²) in [7, 11) is 0. The van der Waals surface area contributed by atoms with Crippen LogP contribution in [0.25, 0.3) is 0 Å². The number of nitrogens with zero attached hydrogens (tertiary/aromatic N) is 1. The minimum Gasteiger partial charge on any atom is -0.445 e. The molecule has 0 atom stereocenters. The van der Waals surface area contributed by atoms with E-state index in [1.807, 2.05) is 23.1 Å². The maximum absolute atomic E-state index is 12.5. The van der Waals surface area contributed by atoms with Gasteiger partial charge in [-0.3, -0.25) is 4.90 Å². The van der Waals surface area contributed by atoms with E-state index in [-0.39, 0.29) is 57.9 Å². The molecule has 0 unspecified atom stereocenters. The third kappa shape index (κ3) is 5.03. The Labute approximate surface area is 154 Å². The van der Waals surface area contributed by atoms with Gasteiger partial charge < -0.3 is 12.9 Å². The molecule has 0 aromatic heterocycles. The van der Waals surface area contributed by atoms with Crippen molar-refractivity contribution < 1.29 is 64.3 Å². The van der Waals surface area contributed by atoms with Crippen LogP contribution in [0.5, 0.6) is 0 Å². The minimum absolute atomic E-state index is 0. The van der Waals surface area contributed by atoms with E-state index in [1.165, 1.54) is 5.56 Å². The van der Waals surface area contributed by atoms with Gasteiger partial charge in [0.05, 0.1) is 0 Å². The molecule has 0 saturated heterocycles. The van der Waals surface area contributed by atoms with Crippen molar-refractivity contribution in [1.82, 2.24) is 4.90 Å². The van der Waals surface area contributed by atoms with Crippen molar-refractivity contribution in [1.29, 1.82) is 0 Å². The summed E-state index contributed by atoms with van der Waals surface area (Å²) in [5, 5.41) is 0. The fourth-order valence-corrected chi connectivity index (χ4v) is 2.29. The molecule has 0 saturated carbocycles. The maximum Gasteiger partial charge on any atom is 1.00 e. The molecule has 1 aromatic rings. The molecule has 98 valence electrons. The standard InChI is InChI=1S/C13H16BF3N.K/c1-11(14(15,16)17)9-18-8-4-7-12-5-2-3-6-13(12)10-18;/h2-3,5-6H,1,4,7-10H2;/q-1;+1. The van der Waals surface area contributed by atoms with Gasteiger partial charge in [0, 0.05) is 6.54 Å². The number of hydrogen-bond donors (Lipinski definition) is 0. The average Bonchev–Trinajstić information content (AvgIpc) is 2.49. The predicted molar refractivity (Wildman–Crippen MR) is 68.3 cm³/mol. The molecule has 2 rings (SSSR count). The maximum atomic E-state index is 12.5. The van der Waals surface area contributed by atoms with Gasteiger partial charge in [-0.05, 0) is 37.1 Å². The van der Waals surface area contributed by atoms with Gasteiger partial charge in [-0.2, -0.15) is 0 Å². The first-order chi connectivity index (χ1) is 8.47. The molecule has 6 heteroatoms. The van der Waals surface area contributed by atoms with E-state index in [0.29, 0.717) is 13.1 Å². The SMILES string of the molecule is C=C(CN1CCCc2ccccc2C1)[B-](F)(F)F.[K+]. The number of fused-ring (bicyclic) bond motifs is 1. The first-order valence-corrected chi connectivity index (χ1v) is 6.13. The smallest absolute Gasteiger partial charge is 0.445 e. The average molecular weight is 293 g/mol. The van der Waals surface area contributed by atoms with E-state index in [2.05, 4.69) is 12.6 Å². The molecule has 0 N–H and O–H groups in total. The summed E-state index contributed by atoms with van der Waals surface area (Å²) in [4.78, 5) is 1.84. The van der Waals surface area contributed by atoms with Gasteiger partial charge in [0.25, 0.3) is 0 Å². The summed E-state index contributed by atoms with van der Waals surface area (Å²) in [6.07, 6.45) is 1.84. The van der Waals surface area contributed by atoms with E-state index >= 15 is 0 Å². The molecule has 19 heavy (non-hydrogen) atoms. The summed E-state index contributed by atoms with van der Waals surface area (Å²) in [5.74, 6) is 0. The van der Waals surface area contributed by atoms with Crippen molar-refractivity contribution in [3.8, 4) is 0 Å². The fraction of sp³-hybridized carbons (Fsp3) is 0.385. The molecule has 1 aliphatic heterocycles. The van der Waals surface area contributed by atoms with Crippen LogP contribution in [0.3, 0.4) is 0 Å². The van der Waals surface area contributed by atoms with Crippen molar-refractivity contribution in [3.05, 3.63) is 47.4 Å². The molecule has 0 radical (unpaired) electrons. The molecule has 0 amide bonds. The first-order valence-electron chi connectivity index (χ1n) is 6.13. The molecular formula is C13H16BF3KN. The Kier molecular flexibility index (Phi) is 6.83. The number of hydrogen-bond acceptors (Lipinski definition) is 1. The second kappa shape index (κ2) is 7.43. The monoisotopic (exact) mass is 293 g/mol. The molecule has 0 aliphatic carbocycles. The van der Waals surface area contributed by atoms with Crippen molar-refractivity contribution in [2.45, 2.75) is 19.4 Å². The van der Waals surface area contributed by atoms with E-state index in [0.717, 1.165) is 18.4 Å². The van der Waals surface area contributed by atoms with Crippen LogP contribution in [0.1, 0.15) is 17.5 Å². The summed E-state index contributed by atoms with van der Waals surface area (Å²) >= 11 is 0. The van der Waals surface area contributed by atoms with E-state index in [1.54, 1.807) is 0 Å². The van der Waals surface area contributed by atoms with Crippen LogP contribution >= 0.6 is 0 Å². The fourth-order valence-electron chi connectivity index (χ4n) is 2.29. The molecule has 0 spiro atoms. The second-order valence-corrected chi connectivity index (χ2v) is 4.82. The minimum atomic E-state index is -4.92. The molecule has 1 heterocycles. The van der Waals surface area contributed by atoms with E-state index in [4.69, 9.17) is 0 Å². The van der Waals surface area contributed by atoms with Crippen LogP contribution in [0.15, 0.2) is 36.3 Å². The Balaban J connectivity index is 0.00000180. The van der Waals surface area contributed by atoms with Gasteiger partial charge >= 0.3 is 58.4 Å². The molecule has 0 bridgehead atoms. The third-order valence-corrected chi connectivity index (χ3v) is 3.32. The largest absolute Gasteiger partial charge is 1.00 e.